The van der Waals surface area contributed by atoms with Crippen LogP contribution in [0.25, 0.3) is 5.57 Å². The molecule has 1 atom stereocenters. The molecule has 1 unspecified atom stereocenters. The van der Waals surface area contributed by atoms with Gasteiger partial charge in [-0.2, -0.15) is 0 Å². The molecule has 0 radical (unpaired) electrons. The standard InChI is InChI=1S/C12H16O2/c1-9(2)11-5-4-6-12(7-11)14-8-10(3)13/h4-7,10,13H,1,8H2,2-3H3. The lowest BCUT2D eigenvalue weighted by atomic mass is 10.1. The molecule has 1 N–H and O–H groups in total. The van der Waals surface area contributed by atoms with Gasteiger partial charge in [0.05, 0.1) is 6.10 Å². The first-order chi connectivity index (χ1) is 6.59. The molecular formula is C12H16O2. The van der Waals surface area contributed by atoms with Crippen molar-refractivity contribution in [3.63, 3.8) is 0 Å². The number of benzene rings is 1. The molecule has 1 aromatic carbocycles. The predicted octanol–water partition coefficient (Wildman–Crippen LogP) is 2.48. The van der Waals surface area contributed by atoms with Crippen LogP contribution in [0, 0.1) is 0 Å². The van der Waals surface area contributed by atoms with Crippen LogP contribution in [0.2, 0.25) is 0 Å². The van der Waals surface area contributed by atoms with E-state index in [-0.39, 0.29) is 0 Å². The van der Waals surface area contributed by atoms with Crippen molar-refractivity contribution in [3.05, 3.63) is 36.4 Å². The number of hydrogen-bond acceptors (Lipinski definition) is 2. The minimum absolute atomic E-state index is 0.319. The van der Waals surface area contributed by atoms with Gasteiger partial charge in [0, 0.05) is 0 Å². The van der Waals surface area contributed by atoms with E-state index in [1.54, 1.807) is 6.92 Å². The summed E-state index contributed by atoms with van der Waals surface area (Å²) < 4.78 is 5.37. The van der Waals surface area contributed by atoms with Gasteiger partial charge in [-0.15, -0.1) is 0 Å². The van der Waals surface area contributed by atoms with Crippen LogP contribution in [0.5, 0.6) is 5.75 Å². The van der Waals surface area contributed by atoms with Crippen LogP contribution in [0.3, 0.4) is 0 Å². The van der Waals surface area contributed by atoms with Gasteiger partial charge in [-0.1, -0.05) is 24.3 Å². The van der Waals surface area contributed by atoms with Crippen molar-refractivity contribution in [2.45, 2.75) is 20.0 Å². The summed E-state index contributed by atoms with van der Waals surface area (Å²) in [5.74, 6) is 0.770. The number of allylic oxidation sites excluding steroid dienone is 1. The summed E-state index contributed by atoms with van der Waals surface area (Å²) in [5.41, 5.74) is 2.07. The van der Waals surface area contributed by atoms with Gasteiger partial charge in [-0.3, -0.25) is 0 Å². The molecule has 2 heteroatoms. The van der Waals surface area contributed by atoms with Crippen LogP contribution in [-0.4, -0.2) is 17.8 Å². The second-order valence-corrected chi connectivity index (χ2v) is 3.47. The van der Waals surface area contributed by atoms with E-state index >= 15 is 0 Å². The molecule has 0 aliphatic carbocycles. The average molecular weight is 192 g/mol. The van der Waals surface area contributed by atoms with E-state index in [0.717, 1.165) is 16.9 Å². The molecule has 76 valence electrons. The first-order valence-corrected chi connectivity index (χ1v) is 4.66. The van der Waals surface area contributed by atoms with E-state index in [1.807, 2.05) is 31.2 Å². The summed E-state index contributed by atoms with van der Waals surface area (Å²) in [6, 6.07) is 7.69. The summed E-state index contributed by atoms with van der Waals surface area (Å²) in [6.45, 7) is 7.83. The van der Waals surface area contributed by atoms with Crippen molar-refractivity contribution in [1.82, 2.24) is 0 Å². The molecule has 0 saturated heterocycles. The summed E-state index contributed by atoms with van der Waals surface area (Å²) in [4.78, 5) is 0. The predicted molar refractivity (Wildman–Crippen MR) is 58.3 cm³/mol. The molecule has 0 aliphatic rings. The third kappa shape index (κ3) is 3.23. The Balaban J connectivity index is 2.69. The summed E-state index contributed by atoms with van der Waals surface area (Å²) in [7, 11) is 0. The summed E-state index contributed by atoms with van der Waals surface area (Å²) >= 11 is 0. The fraction of sp³-hybridized carbons (Fsp3) is 0.333. The lowest BCUT2D eigenvalue weighted by molar-refractivity contribution is 0.122. The Morgan fingerprint density at radius 2 is 2.29 bits per heavy atom. The highest BCUT2D eigenvalue weighted by Crippen LogP contribution is 2.18. The largest absolute Gasteiger partial charge is 0.491 e. The van der Waals surface area contributed by atoms with Crippen LogP contribution in [0.1, 0.15) is 19.4 Å². The first-order valence-electron chi connectivity index (χ1n) is 4.66. The number of hydrogen-bond donors (Lipinski definition) is 1. The lowest BCUT2D eigenvalue weighted by Gasteiger charge is -2.09. The maximum absolute atomic E-state index is 9.05. The van der Waals surface area contributed by atoms with Crippen LogP contribution < -0.4 is 4.74 Å². The molecule has 0 aliphatic heterocycles. The van der Waals surface area contributed by atoms with Crippen LogP contribution >= 0.6 is 0 Å². The van der Waals surface area contributed by atoms with Gasteiger partial charge in [0.15, 0.2) is 0 Å². The molecule has 0 bridgehead atoms. The van der Waals surface area contributed by atoms with E-state index < -0.39 is 6.10 Å². The summed E-state index contributed by atoms with van der Waals surface area (Å²) in [6.07, 6.45) is -0.441. The fourth-order valence-corrected chi connectivity index (χ4v) is 1.07. The molecule has 0 amide bonds. The minimum atomic E-state index is -0.441. The fourth-order valence-electron chi connectivity index (χ4n) is 1.07. The zero-order valence-electron chi connectivity index (χ0n) is 8.66. The Kier molecular flexibility index (Phi) is 3.72. The third-order valence-electron chi connectivity index (χ3n) is 1.82. The Bertz CT molecular complexity index is 316. The van der Waals surface area contributed by atoms with Crippen LogP contribution in [-0.2, 0) is 0 Å². The van der Waals surface area contributed by atoms with Crippen molar-refractivity contribution in [1.29, 1.82) is 0 Å². The molecule has 0 heterocycles. The molecule has 1 rings (SSSR count). The van der Waals surface area contributed by atoms with Gasteiger partial charge in [-0.25, -0.2) is 0 Å². The van der Waals surface area contributed by atoms with E-state index in [1.165, 1.54) is 0 Å². The molecule has 1 aromatic rings. The monoisotopic (exact) mass is 192 g/mol. The Hall–Kier alpha value is -1.28. The average Bonchev–Trinajstić information content (AvgIpc) is 2.15. The van der Waals surface area contributed by atoms with Gasteiger partial charge in [0.2, 0.25) is 0 Å². The molecular weight excluding hydrogens is 176 g/mol. The number of rotatable bonds is 4. The van der Waals surface area contributed by atoms with Crippen molar-refractivity contribution in [2.75, 3.05) is 6.61 Å². The molecule has 0 saturated carbocycles. The number of aliphatic hydroxyl groups is 1. The zero-order valence-corrected chi connectivity index (χ0v) is 8.66. The number of aliphatic hydroxyl groups excluding tert-OH is 1. The summed E-state index contributed by atoms with van der Waals surface area (Å²) in [5, 5.41) is 9.05. The third-order valence-corrected chi connectivity index (χ3v) is 1.82. The molecule has 0 aromatic heterocycles. The van der Waals surface area contributed by atoms with Crippen LogP contribution in [0.4, 0.5) is 0 Å². The molecule has 14 heavy (non-hydrogen) atoms. The Labute approximate surface area is 84.8 Å². The van der Waals surface area contributed by atoms with Gasteiger partial charge < -0.3 is 9.84 Å². The van der Waals surface area contributed by atoms with E-state index in [4.69, 9.17) is 9.84 Å². The second-order valence-electron chi connectivity index (χ2n) is 3.47. The van der Waals surface area contributed by atoms with Gasteiger partial charge in [0.25, 0.3) is 0 Å². The zero-order chi connectivity index (χ0) is 10.6. The highest BCUT2D eigenvalue weighted by Gasteiger charge is 1.99. The SMILES string of the molecule is C=C(C)c1cccc(OCC(C)O)c1. The first kappa shape index (κ1) is 10.8. The highest BCUT2D eigenvalue weighted by atomic mass is 16.5. The lowest BCUT2D eigenvalue weighted by Crippen LogP contribution is -2.12. The smallest absolute Gasteiger partial charge is 0.120 e. The van der Waals surface area contributed by atoms with Crippen molar-refractivity contribution in [2.24, 2.45) is 0 Å². The van der Waals surface area contributed by atoms with Crippen molar-refractivity contribution in [3.8, 4) is 5.75 Å². The van der Waals surface area contributed by atoms with E-state index in [9.17, 15) is 0 Å². The maximum atomic E-state index is 9.05. The highest BCUT2D eigenvalue weighted by molar-refractivity contribution is 5.62. The minimum Gasteiger partial charge on any atom is -0.491 e. The molecule has 2 nitrogen and oxygen atoms in total. The van der Waals surface area contributed by atoms with Crippen molar-refractivity contribution < 1.29 is 9.84 Å². The second kappa shape index (κ2) is 4.82. The quantitative estimate of drug-likeness (QED) is 0.794. The Morgan fingerprint density at radius 1 is 1.57 bits per heavy atom. The molecule has 0 spiro atoms. The molecule has 0 fully saturated rings. The van der Waals surface area contributed by atoms with Gasteiger partial charge in [0.1, 0.15) is 12.4 Å². The van der Waals surface area contributed by atoms with Crippen molar-refractivity contribution >= 4 is 5.57 Å². The number of ether oxygens (including phenoxy) is 1. The maximum Gasteiger partial charge on any atom is 0.120 e. The van der Waals surface area contributed by atoms with E-state index in [0.29, 0.717) is 6.61 Å². The van der Waals surface area contributed by atoms with Crippen LogP contribution in [0.15, 0.2) is 30.8 Å². The van der Waals surface area contributed by atoms with Gasteiger partial charge >= 0.3 is 0 Å². The topological polar surface area (TPSA) is 29.5 Å². The van der Waals surface area contributed by atoms with Gasteiger partial charge in [-0.05, 0) is 31.5 Å². The Morgan fingerprint density at radius 3 is 2.86 bits per heavy atom. The normalized spacial score (nSPS) is 12.2. The van der Waals surface area contributed by atoms with E-state index in [2.05, 4.69) is 6.58 Å².